The van der Waals surface area contributed by atoms with E-state index in [4.69, 9.17) is 12.2 Å². The van der Waals surface area contributed by atoms with Crippen molar-refractivity contribution in [3.05, 3.63) is 39.1 Å². The molecule has 92 valence electrons. The topological polar surface area (TPSA) is 20.7 Å². The summed E-state index contributed by atoms with van der Waals surface area (Å²) in [4.78, 5) is 4.51. The molecule has 0 aliphatic heterocycles. The highest BCUT2D eigenvalue weighted by molar-refractivity contribution is 7.71. The van der Waals surface area contributed by atoms with Gasteiger partial charge in [-0.1, -0.05) is 26.8 Å². The predicted molar refractivity (Wildman–Crippen MR) is 76.4 cm³/mol. The number of hydrogen-bond acceptors (Lipinski definition) is 2. The van der Waals surface area contributed by atoms with Crippen LogP contribution in [0.15, 0.2) is 23.7 Å². The smallest absolute Gasteiger partial charge is 0.177 e. The molecule has 1 N–H and O–H groups in total. The van der Waals surface area contributed by atoms with Crippen LogP contribution in [0, 0.1) is 4.77 Å². The first kappa shape index (κ1) is 12.6. The summed E-state index contributed by atoms with van der Waals surface area (Å²) < 4.78 is 3.03. The normalized spacial score (nSPS) is 13.9. The first-order valence-corrected chi connectivity index (χ1v) is 7.04. The summed E-state index contributed by atoms with van der Waals surface area (Å²) in [5.41, 5.74) is 1.35. The van der Waals surface area contributed by atoms with E-state index in [1.807, 2.05) is 6.20 Å². The standard InChI is InChI=1S/C13H18N2S2/c1-9(10-6-5-7-17-10)15-11(13(2,3)4)8-14-12(15)16/h5-9H,1-4H3,(H,14,16). The predicted octanol–water partition coefficient (Wildman–Crippen LogP) is 4.51. The van der Waals surface area contributed by atoms with Crippen molar-refractivity contribution in [1.82, 2.24) is 9.55 Å². The zero-order chi connectivity index (χ0) is 12.6. The highest BCUT2D eigenvalue weighted by Gasteiger charge is 2.22. The van der Waals surface area contributed by atoms with Crippen LogP contribution in [0.3, 0.4) is 0 Å². The Balaban J connectivity index is 2.52. The SMILES string of the molecule is CC(c1cccs1)n1c(C(C)(C)C)c[nH]c1=S. The molecule has 0 fully saturated rings. The second-order valence-corrected chi connectivity index (χ2v) is 6.66. The fraction of sp³-hybridized carbons (Fsp3) is 0.462. The number of rotatable bonds is 2. The van der Waals surface area contributed by atoms with E-state index in [0.717, 1.165) is 4.77 Å². The van der Waals surface area contributed by atoms with Crippen LogP contribution in [0.5, 0.6) is 0 Å². The van der Waals surface area contributed by atoms with Crippen LogP contribution in [0.1, 0.15) is 44.3 Å². The molecule has 0 saturated heterocycles. The molecule has 0 aliphatic rings. The van der Waals surface area contributed by atoms with E-state index in [-0.39, 0.29) is 5.41 Å². The van der Waals surface area contributed by atoms with Crippen molar-refractivity contribution in [2.75, 3.05) is 0 Å². The zero-order valence-electron chi connectivity index (χ0n) is 10.7. The number of nitrogens with one attached hydrogen (secondary N) is 1. The van der Waals surface area contributed by atoms with Gasteiger partial charge in [0.05, 0.1) is 6.04 Å². The Bertz CT molecular complexity index is 541. The minimum absolute atomic E-state index is 0.0963. The van der Waals surface area contributed by atoms with Crippen LogP contribution in [0.4, 0.5) is 0 Å². The van der Waals surface area contributed by atoms with Crippen LogP contribution >= 0.6 is 23.6 Å². The van der Waals surface area contributed by atoms with E-state index in [2.05, 4.69) is 54.8 Å². The molecular weight excluding hydrogens is 248 g/mol. The van der Waals surface area contributed by atoms with Crippen molar-refractivity contribution in [2.24, 2.45) is 0 Å². The van der Waals surface area contributed by atoms with Gasteiger partial charge in [-0.15, -0.1) is 11.3 Å². The molecule has 2 heterocycles. The van der Waals surface area contributed by atoms with E-state index in [0.29, 0.717) is 6.04 Å². The second kappa shape index (κ2) is 4.42. The molecule has 0 aromatic carbocycles. The average molecular weight is 266 g/mol. The maximum Gasteiger partial charge on any atom is 0.177 e. The van der Waals surface area contributed by atoms with Gasteiger partial charge in [-0.2, -0.15) is 0 Å². The fourth-order valence-corrected chi connectivity index (χ4v) is 3.09. The number of aromatic amines is 1. The van der Waals surface area contributed by atoms with E-state index in [1.165, 1.54) is 10.6 Å². The number of nitrogens with zero attached hydrogens (tertiary/aromatic N) is 1. The molecule has 1 atom stereocenters. The molecule has 0 saturated carbocycles. The van der Waals surface area contributed by atoms with Crippen molar-refractivity contribution in [1.29, 1.82) is 0 Å². The molecule has 1 unspecified atom stereocenters. The molecule has 0 radical (unpaired) electrons. The van der Waals surface area contributed by atoms with E-state index < -0.39 is 0 Å². The highest BCUT2D eigenvalue weighted by Crippen LogP contribution is 2.30. The van der Waals surface area contributed by atoms with Crippen LogP contribution in [0.25, 0.3) is 0 Å². The van der Waals surface area contributed by atoms with E-state index >= 15 is 0 Å². The molecule has 17 heavy (non-hydrogen) atoms. The lowest BCUT2D eigenvalue weighted by molar-refractivity contribution is 0.498. The Morgan fingerprint density at radius 3 is 2.65 bits per heavy atom. The van der Waals surface area contributed by atoms with E-state index in [9.17, 15) is 0 Å². The van der Waals surface area contributed by atoms with Gasteiger partial charge in [0.1, 0.15) is 0 Å². The van der Waals surface area contributed by atoms with Gasteiger partial charge in [-0.3, -0.25) is 0 Å². The first-order chi connectivity index (χ1) is 7.91. The molecule has 0 amide bonds. The van der Waals surface area contributed by atoms with Gasteiger partial charge in [-0.05, 0) is 30.6 Å². The quantitative estimate of drug-likeness (QED) is 0.793. The number of imidazole rings is 1. The third kappa shape index (κ3) is 2.38. The Morgan fingerprint density at radius 1 is 1.41 bits per heavy atom. The Kier molecular flexibility index (Phi) is 3.27. The fourth-order valence-electron chi connectivity index (χ4n) is 2.00. The molecule has 0 bridgehead atoms. The van der Waals surface area contributed by atoms with Gasteiger partial charge in [0, 0.05) is 22.2 Å². The summed E-state index contributed by atoms with van der Waals surface area (Å²) in [6.45, 7) is 8.83. The van der Waals surface area contributed by atoms with Gasteiger partial charge in [0.2, 0.25) is 0 Å². The molecule has 0 spiro atoms. The molecule has 4 heteroatoms. The van der Waals surface area contributed by atoms with Crippen molar-refractivity contribution >= 4 is 23.6 Å². The third-order valence-corrected chi connectivity index (χ3v) is 4.28. The molecule has 2 nitrogen and oxygen atoms in total. The Morgan fingerprint density at radius 2 is 2.12 bits per heavy atom. The lowest BCUT2D eigenvalue weighted by atomic mass is 9.92. The van der Waals surface area contributed by atoms with Gasteiger partial charge in [-0.25, -0.2) is 0 Å². The van der Waals surface area contributed by atoms with Crippen LogP contribution in [-0.4, -0.2) is 9.55 Å². The van der Waals surface area contributed by atoms with Crippen molar-refractivity contribution in [3.8, 4) is 0 Å². The Hall–Kier alpha value is -0.870. The minimum Gasteiger partial charge on any atom is -0.337 e. The highest BCUT2D eigenvalue weighted by atomic mass is 32.1. The number of H-pyrrole nitrogens is 1. The molecular formula is C13H18N2S2. The summed E-state index contributed by atoms with van der Waals surface area (Å²) in [5, 5.41) is 2.11. The van der Waals surface area contributed by atoms with Gasteiger partial charge in [0.15, 0.2) is 4.77 Å². The second-order valence-electron chi connectivity index (χ2n) is 5.29. The maximum absolute atomic E-state index is 5.40. The number of hydrogen-bond donors (Lipinski definition) is 1. The third-order valence-electron chi connectivity index (χ3n) is 2.92. The number of aromatic nitrogens is 2. The molecule has 0 aliphatic carbocycles. The lowest BCUT2D eigenvalue weighted by Crippen LogP contribution is -2.20. The molecule has 2 aromatic heterocycles. The van der Waals surface area contributed by atoms with Crippen LogP contribution in [0.2, 0.25) is 0 Å². The maximum atomic E-state index is 5.40. The molecule has 2 aromatic rings. The van der Waals surface area contributed by atoms with Crippen molar-refractivity contribution in [3.63, 3.8) is 0 Å². The van der Waals surface area contributed by atoms with Crippen molar-refractivity contribution < 1.29 is 0 Å². The van der Waals surface area contributed by atoms with E-state index in [1.54, 1.807) is 11.3 Å². The Labute approximate surface area is 111 Å². The van der Waals surface area contributed by atoms with Gasteiger partial charge < -0.3 is 9.55 Å². The lowest BCUT2D eigenvalue weighted by Gasteiger charge is -2.24. The van der Waals surface area contributed by atoms with Gasteiger partial charge >= 0.3 is 0 Å². The molecule has 2 rings (SSSR count). The minimum atomic E-state index is 0.0963. The number of thiophene rings is 1. The summed E-state index contributed by atoms with van der Waals surface area (Å²) in [6.07, 6.45) is 2.03. The summed E-state index contributed by atoms with van der Waals surface area (Å²) in [6, 6.07) is 4.54. The zero-order valence-corrected chi connectivity index (χ0v) is 12.3. The summed E-state index contributed by atoms with van der Waals surface area (Å²) in [7, 11) is 0. The van der Waals surface area contributed by atoms with Gasteiger partial charge in [0.25, 0.3) is 0 Å². The monoisotopic (exact) mass is 266 g/mol. The summed E-state index contributed by atoms with van der Waals surface area (Å²) in [5.74, 6) is 0. The largest absolute Gasteiger partial charge is 0.337 e. The van der Waals surface area contributed by atoms with Crippen LogP contribution < -0.4 is 0 Å². The first-order valence-electron chi connectivity index (χ1n) is 5.75. The average Bonchev–Trinajstić information content (AvgIpc) is 2.83. The van der Waals surface area contributed by atoms with Crippen molar-refractivity contribution in [2.45, 2.75) is 39.2 Å². The summed E-state index contributed by atoms with van der Waals surface area (Å²) >= 11 is 7.18. The van der Waals surface area contributed by atoms with Crippen LogP contribution in [-0.2, 0) is 5.41 Å².